The lowest BCUT2D eigenvalue weighted by Gasteiger charge is -2.33. The van der Waals surface area contributed by atoms with Crippen molar-refractivity contribution in [1.29, 1.82) is 5.26 Å². The lowest BCUT2D eigenvalue weighted by atomic mass is 9.75. The van der Waals surface area contributed by atoms with Crippen LogP contribution in [0.1, 0.15) is 35.1 Å². The summed E-state index contributed by atoms with van der Waals surface area (Å²) < 4.78 is 5.74. The second-order valence-electron chi connectivity index (χ2n) is 6.22. The summed E-state index contributed by atoms with van der Waals surface area (Å²) in [5.41, 5.74) is 8.06. The normalized spacial score (nSPS) is 23.1. The molecule has 2 aromatic rings. The molecule has 1 aromatic heterocycles. The molecule has 4 rings (SSSR count). The van der Waals surface area contributed by atoms with E-state index in [2.05, 4.69) is 6.07 Å². The zero-order valence-electron chi connectivity index (χ0n) is 13.4. The average molecular weight is 348 g/mol. The molecule has 0 fully saturated rings. The second-order valence-corrected chi connectivity index (χ2v) is 7.20. The molecule has 0 saturated carbocycles. The van der Waals surface area contributed by atoms with Gasteiger partial charge in [0, 0.05) is 23.3 Å². The first-order valence-electron chi connectivity index (χ1n) is 8.11. The van der Waals surface area contributed by atoms with E-state index in [1.54, 1.807) is 0 Å². The summed E-state index contributed by atoms with van der Waals surface area (Å²) in [5, 5.41) is 11.5. The van der Waals surface area contributed by atoms with E-state index in [9.17, 15) is 10.1 Å². The van der Waals surface area contributed by atoms with Gasteiger partial charge in [0.05, 0.1) is 5.92 Å². The van der Waals surface area contributed by atoms with Crippen molar-refractivity contribution in [1.82, 2.24) is 0 Å². The molecule has 1 aliphatic carbocycles. The Bertz CT molecular complexity index is 920. The molecule has 2 N–H and O–H groups in total. The van der Waals surface area contributed by atoms with Gasteiger partial charge in [-0.2, -0.15) is 5.26 Å². The summed E-state index contributed by atoms with van der Waals surface area (Å²) in [6, 6.07) is 16.0. The number of nitrogens with zero attached hydrogens (tertiary/aromatic N) is 1. The van der Waals surface area contributed by atoms with Crippen LogP contribution in [-0.2, 0) is 9.53 Å². The Labute approximate surface area is 149 Å². The van der Waals surface area contributed by atoms with E-state index in [4.69, 9.17) is 10.5 Å². The molecule has 0 radical (unpaired) electrons. The molecule has 1 aromatic carbocycles. The Morgan fingerprint density at radius 1 is 1.16 bits per heavy atom. The number of rotatable bonds is 2. The van der Waals surface area contributed by atoms with Crippen molar-refractivity contribution in [2.75, 3.05) is 0 Å². The maximum atomic E-state index is 13.0. The second kappa shape index (κ2) is 6.23. The molecular formula is C20H16N2O2S. The highest BCUT2D eigenvalue weighted by Gasteiger charge is 2.41. The summed E-state index contributed by atoms with van der Waals surface area (Å²) >= 11 is 1.52. The molecule has 2 atom stereocenters. The van der Waals surface area contributed by atoms with Crippen LogP contribution in [0.25, 0.3) is 0 Å². The van der Waals surface area contributed by atoms with Crippen molar-refractivity contribution in [3.05, 3.63) is 81.1 Å². The predicted octanol–water partition coefficient (Wildman–Crippen LogP) is 3.96. The highest BCUT2D eigenvalue weighted by Crippen LogP contribution is 2.47. The van der Waals surface area contributed by atoms with Crippen LogP contribution in [-0.4, -0.2) is 5.78 Å². The van der Waals surface area contributed by atoms with Crippen molar-refractivity contribution < 1.29 is 9.53 Å². The lowest BCUT2D eigenvalue weighted by molar-refractivity contribution is -0.117. The molecule has 25 heavy (non-hydrogen) atoms. The maximum Gasteiger partial charge on any atom is 0.205 e. The first kappa shape index (κ1) is 15.7. The first-order chi connectivity index (χ1) is 12.2. The number of thiophene rings is 1. The fourth-order valence-electron chi connectivity index (χ4n) is 3.61. The van der Waals surface area contributed by atoms with Crippen molar-refractivity contribution in [2.24, 2.45) is 5.73 Å². The molecule has 5 heteroatoms. The van der Waals surface area contributed by atoms with Crippen LogP contribution >= 0.6 is 11.3 Å². The monoisotopic (exact) mass is 348 g/mol. The fraction of sp³-hybridized carbons (Fsp3) is 0.200. The van der Waals surface area contributed by atoms with Gasteiger partial charge in [-0.05, 0) is 22.9 Å². The average Bonchev–Trinajstić information content (AvgIpc) is 3.15. The van der Waals surface area contributed by atoms with Crippen molar-refractivity contribution in [3.63, 3.8) is 0 Å². The Morgan fingerprint density at radius 2 is 1.96 bits per heavy atom. The van der Waals surface area contributed by atoms with Crippen LogP contribution in [0.2, 0.25) is 0 Å². The lowest BCUT2D eigenvalue weighted by Crippen LogP contribution is -2.29. The standard InChI is InChI=1S/C20H16N2O2S/c21-11-14-18(17-7-4-8-25-17)19-15(23)9-13(10-16(19)24-20(14)22)12-5-2-1-3-6-12/h1-8,13,18H,9-10,22H2/t13-,18-/m1/s1. The molecular weight excluding hydrogens is 332 g/mol. The van der Waals surface area contributed by atoms with Gasteiger partial charge in [-0.3, -0.25) is 4.79 Å². The molecule has 1 aliphatic heterocycles. The summed E-state index contributed by atoms with van der Waals surface area (Å²) in [7, 11) is 0. The minimum atomic E-state index is -0.405. The molecule has 4 nitrogen and oxygen atoms in total. The molecule has 124 valence electrons. The Kier molecular flexibility index (Phi) is 3.90. The van der Waals surface area contributed by atoms with Crippen LogP contribution < -0.4 is 5.73 Å². The summed E-state index contributed by atoms with van der Waals surface area (Å²) in [4.78, 5) is 13.9. The molecule has 2 heterocycles. The van der Waals surface area contributed by atoms with Crippen LogP contribution in [0, 0.1) is 11.3 Å². The number of benzene rings is 1. The van der Waals surface area contributed by atoms with Gasteiger partial charge in [0.1, 0.15) is 17.4 Å². The number of nitrogens with two attached hydrogens (primary N) is 1. The van der Waals surface area contributed by atoms with Gasteiger partial charge >= 0.3 is 0 Å². The minimum absolute atomic E-state index is 0.0359. The van der Waals surface area contributed by atoms with Gasteiger partial charge in [0.2, 0.25) is 5.88 Å². The smallest absolute Gasteiger partial charge is 0.205 e. The van der Waals surface area contributed by atoms with E-state index < -0.39 is 5.92 Å². The number of carbonyl (C=O) groups excluding carboxylic acids is 1. The van der Waals surface area contributed by atoms with Crippen LogP contribution in [0.4, 0.5) is 0 Å². The molecule has 0 spiro atoms. The Morgan fingerprint density at radius 3 is 2.64 bits per heavy atom. The number of hydrogen-bond acceptors (Lipinski definition) is 5. The van der Waals surface area contributed by atoms with Gasteiger partial charge in [0.15, 0.2) is 5.78 Å². The highest BCUT2D eigenvalue weighted by molar-refractivity contribution is 7.10. The third kappa shape index (κ3) is 2.65. The third-order valence-corrected chi connectivity index (χ3v) is 5.70. The number of carbonyl (C=O) groups is 1. The van der Waals surface area contributed by atoms with Gasteiger partial charge in [-0.25, -0.2) is 0 Å². The van der Waals surface area contributed by atoms with E-state index in [0.717, 1.165) is 10.4 Å². The van der Waals surface area contributed by atoms with Crippen LogP contribution in [0.3, 0.4) is 0 Å². The van der Waals surface area contributed by atoms with Crippen molar-refractivity contribution in [3.8, 4) is 6.07 Å². The molecule has 0 unspecified atom stereocenters. The van der Waals surface area contributed by atoms with E-state index >= 15 is 0 Å². The number of ether oxygens (including phenoxy) is 1. The van der Waals surface area contributed by atoms with Crippen molar-refractivity contribution >= 4 is 17.1 Å². The summed E-state index contributed by atoms with van der Waals surface area (Å²) in [5.74, 6) is 0.431. The topological polar surface area (TPSA) is 76.1 Å². The first-order valence-corrected chi connectivity index (χ1v) is 8.99. The molecule has 0 saturated heterocycles. The van der Waals surface area contributed by atoms with E-state index in [-0.39, 0.29) is 17.6 Å². The quantitative estimate of drug-likeness (QED) is 0.891. The summed E-state index contributed by atoms with van der Waals surface area (Å²) in [6.45, 7) is 0. The van der Waals surface area contributed by atoms with E-state index in [0.29, 0.717) is 29.7 Å². The van der Waals surface area contributed by atoms with E-state index in [1.165, 1.54) is 11.3 Å². The van der Waals surface area contributed by atoms with E-state index in [1.807, 2.05) is 47.8 Å². The fourth-order valence-corrected chi connectivity index (χ4v) is 4.45. The molecule has 0 amide bonds. The van der Waals surface area contributed by atoms with Crippen LogP contribution in [0.15, 0.2) is 70.6 Å². The van der Waals surface area contributed by atoms with Crippen molar-refractivity contribution in [2.45, 2.75) is 24.7 Å². The third-order valence-electron chi connectivity index (χ3n) is 4.76. The van der Waals surface area contributed by atoms with Crippen LogP contribution in [0.5, 0.6) is 0 Å². The largest absolute Gasteiger partial charge is 0.444 e. The number of allylic oxidation sites excluding steroid dienone is 3. The zero-order valence-corrected chi connectivity index (χ0v) is 14.3. The Balaban J connectivity index is 1.78. The molecule has 2 aliphatic rings. The number of hydrogen-bond donors (Lipinski definition) is 1. The maximum absolute atomic E-state index is 13.0. The number of Topliss-reactive ketones (excluding diaryl/α,β-unsaturated/α-hetero) is 1. The van der Waals surface area contributed by atoms with Gasteiger partial charge in [-0.15, -0.1) is 11.3 Å². The Hall–Kier alpha value is -2.84. The molecule has 0 bridgehead atoms. The zero-order chi connectivity index (χ0) is 17.4. The number of nitriles is 1. The van der Waals surface area contributed by atoms with Gasteiger partial charge < -0.3 is 10.5 Å². The predicted molar refractivity (Wildman–Crippen MR) is 95.4 cm³/mol. The highest BCUT2D eigenvalue weighted by atomic mass is 32.1. The van der Waals surface area contributed by atoms with Gasteiger partial charge in [-0.1, -0.05) is 36.4 Å². The number of ketones is 1. The van der Waals surface area contributed by atoms with Gasteiger partial charge in [0.25, 0.3) is 0 Å². The SMILES string of the molecule is N#CC1=C(N)OC2=C(C(=O)C[C@@H](c3ccccc3)C2)[C@H]1c1cccs1. The summed E-state index contributed by atoms with van der Waals surface area (Å²) in [6.07, 6.45) is 1.04. The minimum Gasteiger partial charge on any atom is -0.444 e.